The van der Waals surface area contributed by atoms with E-state index in [0.717, 1.165) is 24.4 Å². The fourth-order valence-corrected chi connectivity index (χ4v) is 2.28. The van der Waals surface area contributed by atoms with Crippen molar-refractivity contribution in [2.45, 2.75) is 31.7 Å². The number of rotatable bonds is 6. The van der Waals surface area contributed by atoms with E-state index in [9.17, 15) is 4.79 Å². The van der Waals surface area contributed by atoms with Gasteiger partial charge in [0.05, 0.1) is 5.69 Å². The zero-order valence-corrected chi connectivity index (χ0v) is 12.9. The highest BCUT2D eigenvalue weighted by Crippen LogP contribution is 2.35. The van der Waals surface area contributed by atoms with Crippen molar-refractivity contribution < 1.29 is 4.79 Å². The van der Waals surface area contributed by atoms with Crippen molar-refractivity contribution in [2.24, 2.45) is 5.73 Å². The van der Waals surface area contributed by atoms with Crippen LogP contribution >= 0.6 is 0 Å². The van der Waals surface area contributed by atoms with Gasteiger partial charge in [0, 0.05) is 52.1 Å². The molecule has 0 unspecified atom stereocenters. The number of amides is 1. The fraction of sp³-hybridized carbons (Fsp3) is 0.643. The monoisotopic (exact) mass is 292 g/mol. The minimum atomic E-state index is -0.0300. The Hall–Kier alpha value is -1.89. The number of nitrogens with two attached hydrogens (primary N) is 1. The van der Waals surface area contributed by atoms with E-state index in [1.54, 1.807) is 0 Å². The maximum Gasteiger partial charge on any atom is 0.227 e. The summed E-state index contributed by atoms with van der Waals surface area (Å²) in [6.07, 6.45) is 1.96. The number of aromatic nitrogens is 2. The van der Waals surface area contributed by atoms with Crippen LogP contribution in [0.4, 0.5) is 11.8 Å². The van der Waals surface area contributed by atoms with E-state index < -0.39 is 0 Å². The van der Waals surface area contributed by atoms with Crippen LogP contribution in [0.2, 0.25) is 0 Å². The summed E-state index contributed by atoms with van der Waals surface area (Å²) in [5.74, 6) is 1.87. The minimum Gasteiger partial charge on any atom is -0.368 e. The van der Waals surface area contributed by atoms with Gasteiger partial charge < -0.3 is 21.3 Å². The van der Waals surface area contributed by atoms with Crippen molar-refractivity contribution >= 4 is 17.7 Å². The molecule has 7 heteroatoms. The number of anilines is 2. The third kappa shape index (κ3) is 4.29. The Morgan fingerprint density at radius 2 is 2.10 bits per heavy atom. The normalized spacial score (nSPS) is 20.6. The van der Waals surface area contributed by atoms with Crippen molar-refractivity contribution in [3.63, 3.8) is 0 Å². The van der Waals surface area contributed by atoms with E-state index in [2.05, 4.69) is 20.6 Å². The molecule has 1 aromatic rings. The quantitative estimate of drug-likeness (QED) is 0.652. The van der Waals surface area contributed by atoms with Crippen molar-refractivity contribution in [3.8, 4) is 0 Å². The van der Waals surface area contributed by atoms with Gasteiger partial charge in [-0.3, -0.25) is 4.79 Å². The summed E-state index contributed by atoms with van der Waals surface area (Å²) in [5, 5.41) is 5.97. The van der Waals surface area contributed by atoms with E-state index >= 15 is 0 Å². The molecule has 1 aromatic heterocycles. The van der Waals surface area contributed by atoms with Gasteiger partial charge in [-0.1, -0.05) is 0 Å². The highest BCUT2D eigenvalue weighted by atomic mass is 16.1. The average molecular weight is 292 g/mol. The lowest BCUT2D eigenvalue weighted by Gasteiger charge is -2.32. The topological polar surface area (TPSA) is 96.2 Å². The molecule has 2 rings (SSSR count). The Kier molecular flexibility index (Phi) is 4.95. The molecular formula is C14H24N6O. The summed E-state index contributed by atoms with van der Waals surface area (Å²) in [6.45, 7) is 2.71. The molecule has 0 spiro atoms. The first-order valence-corrected chi connectivity index (χ1v) is 7.26. The molecule has 1 saturated carbocycles. The van der Waals surface area contributed by atoms with E-state index in [4.69, 9.17) is 5.73 Å². The van der Waals surface area contributed by atoms with Gasteiger partial charge >= 0.3 is 0 Å². The van der Waals surface area contributed by atoms with Crippen LogP contribution in [-0.2, 0) is 4.79 Å². The lowest BCUT2D eigenvalue weighted by Crippen LogP contribution is -2.35. The standard InChI is InChI=1S/C14H24N6O/c1-9(21)16-4-5-17-13-8-12(10-6-11(15)7-10)18-14(19-13)20(2)3/h8,10-11H,4-7,15H2,1-3H3,(H,16,21)(H,17,18,19). The largest absolute Gasteiger partial charge is 0.368 e. The highest BCUT2D eigenvalue weighted by Gasteiger charge is 2.29. The van der Waals surface area contributed by atoms with Crippen LogP contribution in [0.5, 0.6) is 0 Å². The molecule has 1 aliphatic carbocycles. The Bertz CT molecular complexity index is 498. The third-order valence-corrected chi connectivity index (χ3v) is 3.53. The maximum absolute atomic E-state index is 10.8. The Morgan fingerprint density at radius 1 is 1.38 bits per heavy atom. The van der Waals surface area contributed by atoms with E-state index in [-0.39, 0.29) is 5.91 Å². The predicted octanol–water partition coefficient (Wildman–Crippen LogP) is 0.295. The predicted molar refractivity (Wildman–Crippen MR) is 83.5 cm³/mol. The van der Waals surface area contributed by atoms with E-state index in [1.807, 2.05) is 25.1 Å². The number of carbonyl (C=O) groups excluding carboxylic acids is 1. The number of nitrogens with one attached hydrogen (secondary N) is 2. The second-order valence-electron chi connectivity index (χ2n) is 5.71. The molecule has 1 aliphatic rings. The molecule has 0 radical (unpaired) electrons. The Morgan fingerprint density at radius 3 is 2.67 bits per heavy atom. The van der Waals surface area contributed by atoms with Crippen LogP contribution in [0, 0.1) is 0 Å². The van der Waals surface area contributed by atoms with Gasteiger partial charge in [0.25, 0.3) is 0 Å². The summed E-state index contributed by atoms with van der Waals surface area (Å²) < 4.78 is 0. The van der Waals surface area contributed by atoms with Gasteiger partial charge in [0.2, 0.25) is 11.9 Å². The van der Waals surface area contributed by atoms with Gasteiger partial charge in [-0.2, -0.15) is 4.98 Å². The van der Waals surface area contributed by atoms with Gasteiger partial charge in [-0.15, -0.1) is 0 Å². The van der Waals surface area contributed by atoms with Gasteiger partial charge in [-0.05, 0) is 12.8 Å². The second-order valence-corrected chi connectivity index (χ2v) is 5.71. The van der Waals surface area contributed by atoms with Crippen LogP contribution in [-0.4, -0.2) is 49.1 Å². The van der Waals surface area contributed by atoms with E-state index in [1.165, 1.54) is 6.92 Å². The minimum absolute atomic E-state index is 0.0300. The van der Waals surface area contributed by atoms with Crippen LogP contribution in [0.1, 0.15) is 31.4 Å². The number of hydrogen-bond donors (Lipinski definition) is 3. The summed E-state index contributed by atoms with van der Waals surface area (Å²) in [5.41, 5.74) is 6.90. The van der Waals surface area contributed by atoms with Crippen LogP contribution < -0.4 is 21.3 Å². The first-order valence-electron chi connectivity index (χ1n) is 7.26. The second kappa shape index (κ2) is 6.71. The first kappa shape index (κ1) is 15.5. The number of carbonyl (C=O) groups is 1. The van der Waals surface area contributed by atoms with E-state index in [0.29, 0.717) is 31.0 Å². The molecule has 0 atom stereocenters. The smallest absolute Gasteiger partial charge is 0.227 e. The Balaban J connectivity index is 2.03. The molecule has 0 aliphatic heterocycles. The zero-order valence-electron chi connectivity index (χ0n) is 12.9. The van der Waals surface area contributed by atoms with Crippen molar-refractivity contribution in [1.29, 1.82) is 0 Å². The maximum atomic E-state index is 10.8. The Labute approximate surface area is 125 Å². The molecule has 1 heterocycles. The van der Waals surface area contributed by atoms with Crippen molar-refractivity contribution in [1.82, 2.24) is 15.3 Å². The van der Waals surface area contributed by atoms with Crippen LogP contribution in [0.25, 0.3) is 0 Å². The summed E-state index contributed by atoms with van der Waals surface area (Å²) in [4.78, 5) is 21.8. The number of hydrogen-bond acceptors (Lipinski definition) is 6. The summed E-state index contributed by atoms with van der Waals surface area (Å²) >= 11 is 0. The molecule has 21 heavy (non-hydrogen) atoms. The highest BCUT2D eigenvalue weighted by molar-refractivity contribution is 5.72. The third-order valence-electron chi connectivity index (χ3n) is 3.53. The molecular weight excluding hydrogens is 268 g/mol. The number of nitrogens with zero attached hydrogens (tertiary/aromatic N) is 3. The molecule has 4 N–H and O–H groups in total. The summed E-state index contributed by atoms with van der Waals surface area (Å²) in [6, 6.07) is 2.28. The van der Waals surface area contributed by atoms with Gasteiger partial charge in [-0.25, -0.2) is 4.98 Å². The fourth-order valence-electron chi connectivity index (χ4n) is 2.28. The van der Waals surface area contributed by atoms with Gasteiger partial charge in [0.1, 0.15) is 5.82 Å². The average Bonchev–Trinajstić information content (AvgIpc) is 2.39. The molecule has 7 nitrogen and oxygen atoms in total. The first-order chi connectivity index (χ1) is 9.95. The SMILES string of the molecule is CC(=O)NCCNc1cc(C2CC(N)C2)nc(N(C)C)n1. The van der Waals surface area contributed by atoms with Crippen LogP contribution in [0.15, 0.2) is 6.07 Å². The van der Waals surface area contributed by atoms with Crippen molar-refractivity contribution in [2.75, 3.05) is 37.4 Å². The molecule has 1 fully saturated rings. The molecule has 116 valence electrons. The molecule has 1 amide bonds. The summed E-state index contributed by atoms with van der Waals surface area (Å²) in [7, 11) is 3.85. The molecule has 0 saturated heterocycles. The molecule has 0 aromatic carbocycles. The van der Waals surface area contributed by atoms with Crippen LogP contribution in [0.3, 0.4) is 0 Å². The lowest BCUT2D eigenvalue weighted by molar-refractivity contribution is -0.118. The lowest BCUT2D eigenvalue weighted by atomic mass is 9.78. The van der Waals surface area contributed by atoms with Gasteiger partial charge in [0.15, 0.2) is 0 Å². The zero-order chi connectivity index (χ0) is 15.4. The molecule has 0 bridgehead atoms. The van der Waals surface area contributed by atoms with Crippen molar-refractivity contribution in [3.05, 3.63) is 11.8 Å².